The van der Waals surface area contributed by atoms with Crippen LogP contribution < -0.4 is 14.9 Å². The minimum atomic E-state index is -0.0787. The number of methoxy groups -OCH3 is 2. The van der Waals surface area contributed by atoms with Gasteiger partial charge in [-0.3, -0.25) is 9.78 Å². The van der Waals surface area contributed by atoms with E-state index in [1.165, 1.54) is 0 Å². The second-order valence-corrected chi connectivity index (χ2v) is 6.00. The molecule has 6 nitrogen and oxygen atoms in total. The van der Waals surface area contributed by atoms with E-state index in [0.717, 1.165) is 23.4 Å². The second kappa shape index (κ2) is 7.34. The fourth-order valence-corrected chi connectivity index (χ4v) is 2.77. The molecular weight excluding hydrogens is 318 g/mol. The van der Waals surface area contributed by atoms with Crippen LogP contribution >= 0.6 is 0 Å². The van der Waals surface area contributed by atoms with E-state index < -0.39 is 0 Å². The molecule has 1 saturated carbocycles. The van der Waals surface area contributed by atoms with Crippen LogP contribution in [0.5, 0.6) is 11.5 Å². The molecule has 130 valence electrons. The highest BCUT2D eigenvalue weighted by Gasteiger charge is 2.44. The van der Waals surface area contributed by atoms with Crippen molar-refractivity contribution in [2.45, 2.75) is 19.3 Å². The Bertz CT molecular complexity index is 804. The van der Waals surface area contributed by atoms with E-state index in [-0.39, 0.29) is 17.7 Å². The Hall–Kier alpha value is -2.89. The third kappa shape index (κ3) is 3.96. The highest BCUT2D eigenvalue weighted by molar-refractivity contribution is 5.85. The van der Waals surface area contributed by atoms with Gasteiger partial charge in [0.2, 0.25) is 5.91 Å². The number of carbonyl (C=O) groups is 1. The number of aromatic nitrogens is 1. The third-order valence-electron chi connectivity index (χ3n) is 4.21. The van der Waals surface area contributed by atoms with Gasteiger partial charge >= 0.3 is 0 Å². The molecule has 0 radical (unpaired) electrons. The first-order chi connectivity index (χ1) is 12.1. The lowest BCUT2D eigenvalue weighted by atomic mass is 10.2. The SMILES string of the molecule is COc1ccc(C=NNC(=O)[C@@H]2C[C@H]2c2cccc(C)n2)cc1OC. The van der Waals surface area contributed by atoms with Crippen molar-refractivity contribution in [3.63, 3.8) is 0 Å². The third-order valence-corrected chi connectivity index (χ3v) is 4.21. The van der Waals surface area contributed by atoms with Crippen LogP contribution in [-0.4, -0.2) is 31.3 Å². The molecule has 1 aromatic carbocycles. The molecule has 0 bridgehead atoms. The van der Waals surface area contributed by atoms with Gasteiger partial charge in [-0.15, -0.1) is 0 Å². The normalized spacial score (nSPS) is 18.8. The standard InChI is InChI=1S/C19H21N3O3/c1-12-5-4-6-16(21-12)14-10-15(14)19(23)22-20-11-13-7-8-17(24-2)18(9-13)25-3/h4-9,11,14-15H,10H2,1-3H3,(H,22,23)/t14-,15-/m1/s1. The zero-order valence-corrected chi connectivity index (χ0v) is 14.5. The predicted molar refractivity (Wildman–Crippen MR) is 95.1 cm³/mol. The van der Waals surface area contributed by atoms with Crippen molar-refractivity contribution < 1.29 is 14.3 Å². The summed E-state index contributed by atoms with van der Waals surface area (Å²) in [4.78, 5) is 16.7. The molecule has 3 rings (SSSR count). The highest BCUT2D eigenvalue weighted by Crippen LogP contribution is 2.46. The van der Waals surface area contributed by atoms with Gasteiger partial charge in [0, 0.05) is 23.2 Å². The van der Waals surface area contributed by atoms with Gasteiger partial charge in [-0.05, 0) is 49.2 Å². The first-order valence-electron chi connectivity index (χ1n) is 8.11. The van der Waals surface area contributed by atoms with Crippen LogP contribution in [0.15, 0.2) is 41.5 Å². The first-order valence-corrected chi connectivity index (χ1v) is 8.11. The molecule has 1 fully saturated rings. The topological polar surface area (TPSA) is 72.8 Å². The zero-order chi connectivity index (χ0) is 17.8. The number of aryl methyl sites for hydroxylation is 1. The monoisotopic (exact) mass is 339 g/mol. The van der Waals surface area contributed by atoms with Gasteiger partial charge in [-0.25, -0.2) is 5.43 Å². The summed E-state index contributed by atoms with van der Waals surface area (Å²) in [5.41, 5.74) is 5.36. The summed E-state index contributed by atoms with van der Waals surface area (Å²) in [7, 11) is 3.16. The smallest absolute Gasteiger partial charge is 0.243 e. The van der Waals surface area contributed by atoms with Crippen LogP contribution in [0.4, 0.5) is 0 Å². The van der Waals surface area contributed by atoms with Crippen molar-refractivity contribution >= 4 is 12.1 Å². The number of ether oxygens (including phenoxy) is 2. The summed E-state index contributed by atoms with van der Waals surface area (Å²) in [5, 5.41) is 4.04. The molecule has 1 aliphatic rings. The van der Waals surface area contributed by atoms with Crippen molar-refractivity contribution in [1.82, 2.24) is 10.4 Å². The van der Waals surface area contributed by atoms with Crippen LogP contribution in [0.3, 0.4) is 0 Å². The average molecular weight is 339 g/mol. The molecule has 1 heterocycles. The lowest BCUT2D eigenvalue weighted by Crippen LogP contribution is -2.20. The molecule has 6 heteroatoms. The van der Waals surface area contributed by atoms with E-state index in [9.17, 15) is 4.79 Å². The van der Waals surface area contributed by atoms with Gasteiger partial charge in [0.1, 0.15) is 0 Å². The number of nitrogens with one attached hydrogen (secondary N) is 1. The van der Waals surface area contributed by atoms with Gasteiger partial charge < -0.3 is 9.47 Å². The molecule has 1 N–H and O–H groups in total. The molecule has 25 heavy (non-hydrogen) atoms. The largest absolute Gasteiger partial charge is 0.493 e. The van der Waals surface area contributed by atoms with Crippen LogP contribution in [0.1, 0.15) is 29.3 Å². The minimum absolute atomic E-state index is 0.0585. The second-order valence-electron chi connectivity index (χ2n) is 6.00. The number of rotatable bonds is 6. The van der Waals surface area contributed by atoms with Gasteiger partial charge in [-0.1, -0.05) is 6.07 Å². The van der Waals surface area contributed by atoms with Crippen molar-refractivity contribution in [3.05, 3.63) is 53.3 Å². The first kappa shape index (κ1) is 17.0. The fraction of sp³-hybridized carbons (Fsp3) is 0.316. The molecular formula is C19H21N3O3. The van der Waals surface area contributed by atoms with Crippen LogP contribution in [0.25, 0.3) is 0 Å². The summed E-state index contributed by atoms with van der Waals surface area (Å²) in [6.07, 6.45) is 2.40. The van der Waals surface area contributed by atoms with Gasteiger partial charge in [0.05, 0.1) is 20.4 Å². The van der Waals surface area contributed by atoms with Gasteiger partial charge in [0.15, 0.2) is 11.5 Å². The Morgan fingerprint density at radius 1 is 1.24 bits per heavy atom. The van der Waals surface area contributed by atoms with E-state index >= 15 is 0 Å². The quantitative estimate of drug-likeness (QED) is 0.649. The average Bonchev–Trinajstić information content (AvgIpc) is 3.42. The van der Waals surface area contributed by atoms with E-state index in [2.05, 4.69) is 15.5 Å². The molecule has 2 atom stereocenters. The summed E-state index contributed by atoms with van der Waals surface area (Å²) >= 11 is 0. The summed E-state index contributed by atoms with van der Waals surface area (Å²) in [6.45, 7) is 1.95. The Morgan fingerprint density at radius 3 is 2.76 bits per heavy atom. The van der Waals surface area contributed by atoms with E-state index in [1.54, 1.807) is 32.6 Å². The maximum Gasteiger partial charge on any atom is 0.243 e. The molecule has 2 aromatic rings. The zero-order valence-electron chi connectivity index (χ0n) is 14.5. The number of hydrogen-bond acceptors (Lipinski definition) is 5. The molecule has 0 aliphatic heterocycles. The number of pyridine rings is 1. The number of hydrazone groups is 1. The lowest BCUT2D eigenvalue weighted by molar-refractivity contribution is -0.122. The molecule has 0 spiro atoms. The number of hydrogen-bond donors (Lipinski definition) is 1. The van der Waals surface area contributed by atoms with Crippen LogP contribution in [-0.2, 0) is 4.79 Å². The molecule has 0 saturated heterocycles. The molecule has 1 aliphatic carbocycles. The maximum absolute atomic E-state index is 12.2. The predicted octanol–water partition coefficient (Wildman–Crippen LogP) is 2.66. The van der Waals surface area contributed by atoms with Crippen molar-refractivity contribution in [1.29, 1.82) is 0 Å². The number of amides is 1. The minimum Gasteiger partial charge on any atom is -0.493 e. The van der Waals surface area contributed by atoms with E-state index in [0.29, 0.717) is 11.5 Å². The van der Waals surface area contributed by atoms with Gasteiger partial charge in [0.25, 0.3) is 0 Å². The Kier molecular flexibility index (Phi) is 4.97. The Morgan fingerprint density at radius 2 is 2.04 bits per heavy atom. The molecule has 1 aromatic heterocycles. The fourth-order valence-electron chi connectivity index (χ4n) is 2.77. The van der Waals surface area contributed by atoms with Crippen molar-refractivity contribution in [2.75, 3.05) is 14.2 Å². The van der Waals surface area contributed by atoms with E-state index in [4.69, 9.17) is 9.47 Å². The van der Waals surface area contributed by atoms with Crippen molar-refractivity contribution in [3.8, 4) is 11.5 Å². The van der Waals surface area contributed by atoms with E-state index in [1.807, 2.05) is 31.2 Å². The summed E-state index contributed by atoms with van der Waals surface area (Å²) in [5.74, 6) is 1.32. The Balaban J connectivity index is 1.57. The molecule has 0 unspecified atom stereocenters. The molecule has 1 amide bonds. The van der Waals surface area contributed by atoms with Gasteiger partial charge in [-0.2, -0.15) is 5.10 Å². The van der Waals surface area contributed by atoms with Crippen LogP contribution in [0, 0.1) is 12.8 Å². The van der Waals surface area contributed by atoms with Crippen molar-refractivity contribution in [2.24, 2.45) is 11.0 Å². The maximum atomic E-state index is 12.2. The number of nitrogens with zero attached hydrogens (tertiary/aromatic N) is 2. The van der Waals surface area contributed by atoms with Crippen LogP contribution in [0.2, 0.25) is 0 Å². The Labute approximate surface area is 146 Å². The lowest BCUT2D eigenvalue weighted by Gasteiger charge is -2.07. The summed E-state index contributed by atoms with van der Waals surface area (Å²) in [6, 6.07) is 11.3. The number of carbonyl (C=O) groups excluding carboxylic acids is 1. The highest BCUT2D eigenvalue weighted by atomic mass is 16.5. The summed E-state index contributed by atoms with van der Waals surface area (Å²) < 4.78 is 10.4. The number of benzene rings is 1.